The number of anilines is 1. The molecule has 0 unspecified atom stereocenters. The first-order chi connectivity index (χ1) is 8.04. The number of aliphatic hydroxyl groups excluding tert-OH is 3. The Hall–Kier alpha value is -1.48. The topological polar surface area (TPSA) is 131 Å². The summed E-state index contributed by atoms with van der Waals surface area (Å²) in [6, 6.07) is 1.37. The summed E-state index contributed by atoms with van der Waals surface area (Å²) in [6.45, 7) is -0.453. The van der Waals surface area contributed by atoms with E-state index in [0.29, 0.717) is 0 Å². The van der Waals surface area contributed by atoms with Crippen LogP contribution in [0.15, 0.2) is 17.1 Å². The lowest BCUT2D eigenvalue weighted by Gasteiger charge is -2.16. The first-order valence-electron chi connectivity index (χ1n) is 5.01. The monoisotopic (exact) mass is 243 g/mol. The van der Waals surface area contributed by atoms with Gasteiger partial charge >= 0.3 is 5.69 Å². The van der Waals surface area contributed by atoms with E-state index in [4.69, 9.17) is 15.6 Å². The largest absolute Gasteiger partial charge is 0.394 e. The molecule has 1 aromatic rings. The molecule has 0 amide bonds. The Kier molecular flexibility index (Phi) is 3.11. The van der Waals surface area contributed by atoms with Crippen LogP contribution in [0.4, 0.5) is 5.82 Å². The van der Waals surface area contributed by atoms with E-state index in [1.807, 2.05) is 0 Å². The van der Waals surface area contributed by atoms with Crippen LogP contribution in [0, 0.1) is 0 Å². The number of ether oxygens (including phenoxy) is 1. The SMILES string of the molecule is Nc1ccn([C@H]2O[C@H](CO)[C@@H](O)[C@H]2O)c(=O)n1. The zero-order chi connectivity index (χ0) is 12.6. The van der Waals surface area contributed by atoms with Gasteiger partial charge in [0, 0.05) is 6.20 Å². The number of aliphatic hydroxyl groups is 3. The molecule has 0 saturated carbocycles. The molecular formula is C9H13N3O5. The lowest BCUT2D eigenvalue weighted by molar-refractivity contribution is -0.0549. The Morgan fingerprint density at radius 3 is 2.71 bits per heavy atom. The van der Waals surface area contributed by atoms with Crippen LogP contribution in [-0.4, -0.2) is 49.8 Å². The highest BCUT2D eigenvalue weighted by Crippen LogP contribution is 2.27. The van der Waals surface area contributed by atoms with E-state index in [2.05, 4.69) is 4.98 Å². The predicted octanol–water partition coefficient (Wildman–Crippen LogP) is -2.56. The van der Waals surface area contributed by atoms with Gasteiger partial charge in [-0.2, -0.15) is 4.98 Å². The molecule has 1 saturated heterocycles. The van der Waals surface area contributed by atoms with Crippen molar-refractivity contribution in [1.82, 2.24) is 9.55 Å². The summed E-state index contributed by atoms with van der Waals surface area (Å²) in [4.78, 5) is 15.0. The third kappa shape index (κ3) is 2.03. The maximum absolute atomic E-state index is 11.5. The molecular weight excluding hydrogens is 230 g/mol. The molecule has 4 atom stereocenters. The van der Waals surface area contributed by atoms with Gasteiger partial charge in [-0.25, -0.2) is 4.79 Å². The molecule has 8 nitrogen and oxygen atoms in total. The van der Waals surface area contributed by atoms with Crippen molar-refractivity contribution in [2.75, 3.05) is 12.3 Å². The molecule has 94 valence electrons. The van der Waals surface area contributed by atoms with Gasteiger partial charge in [-0.05, 0) is 6.07 Å². The second kappa shape index (κ2) is 4.41. The number of rotatable bonds is 2. The van der Waals surface area contributed by atoms with E-state index in [-0.39, 0.29) is 5.82 Å². The van der Waals surface area contributed by atoms with Gasteiger partial charge in [-0.3, -0.25) is 4.57 Å². The Morgan fingerprint density at radius 2 is 2.18 bits per heavy atom. The molecule has 0 aromatic carbocycles. The molecule has 17 heavy (non-hydrogen) atoms. The summed E-state index contributed by atoms with van der Waals surface area (Å²) in [5.41, 5.74) is 4.63. The van der Waals surface area contributed by atoms with Crippen LogP contribution in [0.3, 0.4) is 0 Å². The highest BCUT2D eigenvalue weighted by molar-refractivity contribution is 5.23. The first-order valence-corrected chi connectivity index (χ1v) is 5.01. The van der Waals surface area contributed by atoms with E-state index in [9.17, 15) is 15.0 Å². The van der Waals surface area contributed by atoms with Gasteiger partial charge < -0.3 is 25.8 Å². The summed E-state index contributed by atoms with van der Waals surface area (Å²) in [5.74, 6) is 0.0537. The maximum atomic E-state index is 11.5. The quantitative estimate of drug-likeness (QED) is 0.449. The van der Waals surface area contributed by atoms with Crippen LogP contribution in [0.5, 0.6) is 0 Å². The van der Waals surface area contributed by atoms with Crippen molar-refractivity contribution in [2.45, 2.75) is 24.5 Å². The van der Waals surface area contributed by atoms with Gasteiger partial charge in [-0.1, -0.05) is 0 Å². The normalized spacial score (nSPS) is 32.9. The van der Waals surface area contributed by atoms with E-state index in [0.717, 1.165) is 4.57 Å². The van der Waals surface area contributed by atoms with Crippen molar-refractivity contribution in [3.05, 3.63) is 22.7 Å². The van der Waals surface area contributed by atoms with Crippen LogP contribution >= 0.6 is 0 Å². The lowest BCUT2D eigenvalue weighted by Crippen LogP contribution is -2.36. The maximum Gasteiger partial charge on any atom is 0.351 e. The highest BCUT2D eigenvalue weighted by Gasteiger charge is 2.43. The average Bonchev–Trinajstić information content (AvgIpc) is 2.57. The molecule has 0 spiro atoms. The lowest BCUT2D eigenvalue weighted by atomic mass is 10.1. The number of nitrogens with two attached hydrogens (primary N) is 1. The fourth-order valence-electron chi connectivity index (χ4n) is 1.73. The fourth-order valence-corrected chi connectivity index (χ4v) is 1.73. The molecule has 0 aliphatic carbocycles. The van der Waals surface area contributed by atoms with E-state index >= 15 is 0 Å². The van der Waals surface area contributed by atoms with Gasteiger partial charge in [0.05, 0.1) is 6.61 Å². The van der Waals surface area contributed by atoms with E-state index < -0.39 is 36.8 Å². The molecule has 1 aliphatic heterocycles. The molecule has 5 N–H and O–H groups in total. The molecule has 0 bridgehead atoms. The minimum absolute atomic E-state index is 0.0537. The predicted molar refractivity (Wildman–Crippen MR) is 55.9 cm³/mol. The van der Waals surface area contributed by atoms with Gasteiger partial charge in [0.2, 0.25) is 0 Å². The van der Waals surface area contributed by atoms with Gasteiger partial charge in [0.1, 0.15) is 24.1 Å². The fraction of sp³-hybridized carbons (Fsp3) is 0.556. The van der Waals surface area contributed by atoms with Gasteiger partial charge in [0.25, 0.3) is 0 Å². The second-order valence-electron chi connectivity index (χ2n) is 3.77. The first kappa shape index (κ1) is 12.0. The zero-order valence-corrected chi connectivity index (χ0v) is 8.80. The summed E-state index contributed by atoms with van der Waals surface area (Å²) in [7, 11) is 0. The molecule has 8 heteroatoms. The van der Waals surface area contributed by atoms with Gasteiger partial charge in [0.15, 0.2) is 6.23 Å². The van der Waals surface area contributed by atoms with Crippen molar-refractivity contribution in [2.24, 2.45) is 0 Å². The zero-order valence-electron chi connectivity index (χ0n) is 8.80. The van der Waals surface area contributed by atoms with Crippen LogP contribution in [-0.2, 0) is 4.74 Å². The Labute approximate surface area is 95.9 Å². The van der Waals surface area contributed by atoms with E-state index in [1.54, 1.807) is 0 Å². The number of aromatic nitrogens is 2. The Morgan fingerprint density at radius 1 is 1.47 bits per heavy atom. The number of nitrogens with zero attached hydrogens (tertiary/aromatic N) is 2. The van der Waals surface area contributed by atoms with Crippen molar-refractivity contribution in [3.63, 3.8) is 0 Å². The van der Waals surface area contributed by atoms with Gasteiger partial charge in [-0.15, -0.1) is 0 Å². The van der Waals surface area contributed by atoms with Crippen LogP contribution in [0.25, 0.3) is 0 Å². The molecule has 2 heterocycles. The summed E-state index contributed by atoms with van der Waals surface area (Å²) < 4.78 is 6.19. The molecule has 1 aliphatic rings. The molecule has 1 fully saturated rings. The molecule has 1 aromatic heterocycles. The average molecular weight is 243 g/mol. The minimum Gasteiger partial charge on any atom is -0.394 e. The molecule has 2 rings (SSSR count). The molecule has 0 radical (unpaired) electrons. The summed E-state index contributed by atoms with van der Waals surface area (Å²) >= 11 is 0. The highest BCUT2D eigenvalue weighted by atomic mass is 16.6. The van der Waals surface area contributed by atoms with Crippen LogP contribution < -0.4 is 11.4 Å². The summed E-state index contributed by atoms with van der Waals surface area (Å²) in [5, 5.41) is 28.2. The Bertz CT molecular complexity index is 462. The van der Waals surface area contributed by atoms with Crippen molar-refractivity contribution >= 4 is 5.82 Å². The number of hydrogen-bond acceptors (Lipinski definition) is 7. The van der Waals surface area contributed by atoms with Crippen LogP contribution in [0.1, 0.15) is 6.23 Å². The minimum atomic E-state index is -1.31. The number of nitrogen functional groups attached to an aromatic ring is 1. The van der Waals surface area contributed by atoms with Crippen molar-refractivity contribution < 1.29 is 20.1 Å². The number of hydrogen-bond donors (Lipinski definition) is 4. The van der Waals surface area contributed by atoms with Crippen molar-refractivity contribution in [1.29, 1.82) is 0 Å². The van der Waals surface area contributed by atoms with Crippen molar-refractivity contribution in [3.8, 4) is 0 Å². The second-order valence-corrected chi connectivity index (χ2v) is 3.77. The van der Waals surface area contributed by atoms with Crippen LogP contribution in [0.2, 0.25) is 0 Å². The third-order valence-corrected chi connectivity index (χ3v) is 2.64. The van der Waals surface area contributed by atoms with E-state index in [1.165, 1.54) is 12.3 Å². The summed E-state index contributed by atoms with van der Waals surface area (Å²) in [6.07, 6.45) is -3.27. The third-order valence-electron chi connectivity index (χ3n) is 2.64. The Balaban J connectivity index is 2.32. The smallest absolute Gasteiger partial charge is 0.351 e. The standard InChI is InChI=1S/C9H13N3O5/c10-5-1-2-12(9(16)11-5)8-7(15)6(14)4(3-13)17-8/h1-2,4,6-8,13-15H,3H2,(H2,10,11,16)/t4-,6-,7-,8+/m1/s1.